The molecule has 15 heavy (non-hydrogen) atoms. The van der Waals surface area contributed by atoms with E-state index in [4.69, 9.17) is 5.73 Å². The van der Waals surface area contributed by atoms with E-state index < -0.39 is 0 Å². The van der Waals surface area contributed by atoms with Crippen molar-refractivity contribution >= 4 is 6.03 Å². The molecule has 1 aliphatic heterocycles. The molecule has 5 heteroatoms. The molecule has 88 valence electrons. The molecule has 0 aromatic rings. The van der Waals surface area contributed by atoms with Crippen molar-refractivity contribution in [3.05, 3.63) is 0 Å². The predicted octanol–water partition coefficient (Wildman–Crippen LogP) is -0.271. The fourth-order valence-corrected chi connectivity index (χ4v) is 1.81. The molecule has 1 atom stereocenters. The average molecular weight is 214 g/mol. The third-order valence-corrected chi connectivity index (χ3v) is 2.84. The van der Waals surface area contributed by atoms with E-state index in [1.165, 1.54) is 12.8 Å². The predicted molar refractivity (Wildman–Crippen MR) is 60.7 cm³/mol. The Bertz CT molecular complexity index is 198. The highest BCUT2D eigenvalue weighted by Gasteiger charge is 2.20. The van der Waals surface area contributed by atoms with Crippen LogP contribution < -0.4 is 16.4 Å². The highest BCUT2D eigenvalue weighted by Crippen LogP contribution is 2.13. The van der Waals surface area contributed by atoms with Crippen LogP contribution >= 0.6 is 0 Å². The number of nitrogens with zero attached hydrogens (tertiary/aromatic N) is 1. The molecule has 4 N–H and O–H groups in total. The van der Waals surface area contributed by atoms with Crippen molar-refractivity contribution < 1.29 is 4.79 Å². The van der Waals surface area contributed by atoms with Gasteiger partial charge in [0.25, 0.3) is 0 Å². The van der Waals surface area contributed by atoms with Gasteiger partial charge in [0.05, 0.1) is 0 Å². The quantitative estimate of drug-likeness (QED) is 0.552. The first-order valence-electron chi connectivity index (χ1n) is 5.66. The number of hydrogen-bond acceptors (Lipinski definition) is 3. The zero-order valence-electron chi connectivity index (χ0n) is 9.46. The third-order valence-electron chi connectivity index (χ3n) is 2.84. The molecule has 5 nitrogen and oxygen atoms in total. The van der Waals surface area contributed by atoms with E-state index in [9.17, 15) is 4.79 Å². The Kier molecular flexibility index (Phi) is 5.42. The maximum absolute atomic E-state index is 11.3. The van der Waals surface area contributed by atoms with Gasteiger partial charge in [-0.15, -0.1) is 0 Å². The van der Waals surface area contributed by atoms with E-state index in [0.717, 1.165) is 19.5 Å². The number of amides is 2. The van der Waals surface area contributed by atoms with Crippen LogP contribution in [0.25, 0.3) is 0 Å². The number of nitrogens with one attached hydrogen (secondary N) is 2. The lowest BCUT2D eigenvalue weighted by Gasteiger charge is -2.19. The van der Waals surface area contributed by atoms with Crippen molar-refractivity contribution in [2.45, 2.75) is 25.3 Å². The van der Waals surface area contributed by atoms with Crippen LogP contribution in [0.1, 0.15) is 19.3 Å². The molecule has 1 fully saturated rings. The molecule has 0 aliphatic carbocycles. The second-order valence-electron chi connectivity index (χ2n) is 4.06. The van der Waals surface area contributed by atoms with Gasteiger partial charge in [-0.3, -0.25) is 0 Å². The molecule has 1 saturated heterocycles. The Morgan fingerprint density at radius 2 is 2.33 bits per heavy atom. The summed E-state index contributed by atoms with van der Waals surface area (Å²) in [5.74, 6) is 0. The number of hydrogen-bond donors (Lipinski definition) is 3. The molecular weight excluding hydrogens is 192 g/mol. The number of nitrogens with two attached hydrogens (primary N) is 1. The maximum atomic E-state index is 11.3. The minimum absolute atomic E-state index is 0.0799. The number of likely N-dealkylation sites (tertiary alicyclic amines) is 1. The van der Waals surface area contributed by atoms with Gasteiger partial charge in [-0.1, -0.05) is 0 Å². The Morgan fingerprint density at radius 3 is 2.93 bits per heavy atom. The molecule has 1 heterocycles. The number of carbonyl (C=O) groups excluding carboxylic acids is 1. The third kappa shape index (κ3) is 4.48. The summed E-state index contributed by atoms with van der Waals surface area (Å²) in [6, 6.07) is 0.425. The van der Waals surface area contributed by atoms with Gasteiger partial charge in [-0.2, -0.15) is 0 Å². The molecule has 1 rings (SSSR count). The van der Waals surface area contributed by atoms with E-state index in [0.29, 0.717) is 19.1 Å². The molecule has 0 aromatic carbocycles. The summed E-state index contributed by atoms with van der Waals surface area (Å²) >= 11 is 0. The average Bonchev–Trinajstić information content (AvgIpc) is 2.61. The number of urea groups is 1. The number of likely N-dealkylation sites (N-methyl/N-ethyl adjacent to an activating group) is 1. The Hall–Kier alpha value is -0.810. The van der Waals surface area contributed by atoms with Gasteiger partial charge < -0.3 is 21.3 Å². The van der Waals surface area contributed by atoms with Crippen LogP contribution in [0.15, 0.2) is 0 Å². The molecular formula is C10H22N4O. The SMILES string of the molecule is CN1CCCC1CNC(=O)NCCCN. The standard InChI is InChI=1S/C10H22N4O/c1-14-7-2-4-9(14)8-13-10(15)12-6-3-5-11/h9H,2-8,11H2,1H3,(H2,12,13,15). The van der Waals surface area contributed by atoms with E-state index in [-0.39, 0.29) is 6.03 Å². The Balaban J connectivity index is 2.05. The first-order chi connectivity index (χ1) is 7.24. The van der Waals surface area contributed by atoms with Crippen LogP contribution in [0.3, 0.4) is 0 Å². The lowest BCUT2D eigenvalue weighted by Crippen LogP contribution is -2.43. The van der Waals surface area contributed by atoms with Crippen LogP contribution in [0.2, 0.25) is 0 Å². The molecule has 1 unspecified atom stereocenters. The lowest BCUT2D eigenvalue weighted by molar-refractivity contribution is 0.234. The van der Waals surface area contributed by atoms with Crippen molar-refractivity contribution in [2.75, 3.05) is 33.2 Å². The van der Waals surface area contributed by atoms with Crippen LogP contribution in [-0.4, -0.2) is 50.2 Å². The van der Waals surface area contributed by atoms with E-state index in [1.807, 2.05) is 0 Å². The minimum Gasteiger partial charge on any atom is -0.338 e. The monoisotopic (exact) mass is 214 g/mol. The zero-order valence-corrected chi connectivity index (χ0v) is 9.46. The van der Waals surface area contributed by atoms with E-state index in [2.05, 4.69) is 22.6 Å². The Morgan fingerprint density at radius 1 is 1.53 bits per heavy atom. The molecule has 0 spiro atoms. The number of carbonyl (C=O) groups is 1. The van der Waals surface area contributed by atoms with E-state index >= 15 is 0 Å². The first kappa shape index (κ1) is 12.3. The van der Waals surface area contributed by atoms with Crippen molar-refractivity contribution in [3.8, 4) is 0 Å². The van der Waals surface area contributed by atoms with Crippen molar-refractivity contribution in [1.29, 1.82) is 0 Å². The molecule has 0 saturated carbocycles. The van der Waals surface area contributed by atoms with Gasteiger partial charge in [0.1, 0.15) is 0 Å². The van der Waals surface area contributed by atoms with Gasteiger partial charge in [-0.05, 0) is 39.4 Å². The summed E-state index contributed by atoms with van der Waals surface area (Å²) in [6.45, 7) is 3.15. The normalized spacial score (nSPS) is 21.6. The summed E-state index contributed by atoms with van der Waals surface area (Å²) in [4.78, 5) is 13.6. The molecule has 0 bridgehead atoms. The largest absolute Gasteiger partial charge is 0.338 e. The summed E-state index contributed by atoms with van der Waals surface area (Å²) in [7, 11) is 2.10. The second-order valence-corrected chi connectivity index (χ2v) is 4.06. The summed E-state index contributed by atoms with van der Waals surface area (Å²) < 4.78 is 0. The summed E-state index contributed by atoms with van der Waals surface area (Å²) in [5, 5.41) is 5.66. The zero-order chi connectivity index (χ0) is 11.1. The fraction of sp³-hybridized carbons (Fsp3) is 0.900. The molecule has 0 radical (unpaired) electrons. The Labute approximate surface area is 91.4 Å². The van der Waals surface area contributed by atoms with Gasteiger partial charge in [0.15, 0.2) is 0 Å². The van der Waals surface area contributed by atoms with Crippen molar-refractivity contribution in [3.63, 3.8) is 0 Å². The van der Waals surface area contributed by atoms with Crippen LogP contribution in [0, 0.1) is 0 Å². The second kappa shape index (κ2) is 6.63. The smallest absolute Gasteiger partial charge is 0.314 e. The highest BCUT2D eigenvalue weighted by molar-refractivity contribution is 5.73. The van der Waals surface area contributed by atoms with Crippen LogP contribution in [0.4, 0.5) is 4.79 Å². The van der Waals surface area contributed by atoms with Crippen LogP contribution in [-0.2, 0) is 0 Å². The van der Waals surface area contributed by atoms with Gasteiger partial charge in [0, 0.05) is 19.1 Å². The summed E-state index contributed by atoms with van der Waals surface area (Å²) in [5.41, 5.74) is 5.33. The molecule has 1 aliphatic rings. The topological polar surface area (TPSA) is 70.4 Å². The minimum atomic E-state index is -0.0799. The fourth-order valence-electron chi connectivity index (χ4n) is 1.81. The van der Waals surface area contributed by atoms with Gasteiger partial charge in [0.2, 0.25) is 0 Å². The maximum Gasteiger partial charge on any atom is 0.314 e. The lowest BCUT2D eigenvalue weighted by atomic mass is 10.2. The first-order valence-corrected chi connectivity index (χ1v) is 5.66. The summed E-state index contributed by atoms with van der Waals surface area (Å²) in [6.07, 6.45) is 3.24. The van der Waals surface area contributed by atoms with Crippen molar-refractivity contribution in [2.24, 2.45) is 5.73 Å². The van der Waals surface area contributed by atoms with Gasteiger partial charge >= 0.3 is 6.03 Å². The van der Waals surface area contributed by atoms with Gasteiger partial charge in [-0.25, -0.2) is 4.79 Å². The van der Waals surface area contributed by atoms with Crippen LogP contribution in [0.5, 0.6) is 0 Å². The van der Waals surface area contributed by atoms with E-state index in [1.54, 1.807) is 0 Å². The van der Waals surface area contributed by atoms with Crippen molar-refractivity contribution in [1.82, 2.24) is 15.5 Å². The molecule has 2 amide bonds. The molecule has 0 aromatic heterocycles. The highest BCUT2D eigenvalue weighted by atomic mass is 16.2. The number of rotatable bonds is 5.